The number of aromatic nitrogens is 3. The molecule has 0 aliphatic rings. The van der Waals surface area contributed by atoms with Crippen molar-refractivity contribution < 1.29 is 30.0 Å². The van der Waals surface area contributed by atoms with Crippen LogP contribution in [0.15, 0.2) is 95.1 Å². The first-order chi connectivity index (χ1) is 16.8. The average Bonchev–Trinajstić information content (AvgIpc) is 3.24. The molecule has 190 valence electrons. The summed E-state index contributed by atoms with van der Waals surface area (Å²) in [6.07, 6.45) is -1.30. The van der Waals surface area contributed by atoms with Crippen LogP contribution in [0.5, 0.6) is 0 Å². The summed E-state index contributed by atoms with van der Waals surface area (Å²) in [5.74, 6) is -0.215. The van der Waals surface area contributed by atoms with E-state index in [4.69, 9.17) is 5.14 Å². The number of aryl methyl sites for hydroxylation is 1. The average molecular weight is 540 g/mol. The van der Waals surface area contributed by atoms with E-state index < -0.39 is 31.9 Å². The van der Waals surface area contributed by atoms with Gasteiger partial charge in [-0.1, -0.05) is 36.4 Å². The summed E-state index contributed by atoms with van der Waals surface area (Å²) >= 11 is 0. The second-order valence-electron chi connectivity index (χ2n) is 7.33. The number of imidazole rings is 1. The summed E-state index contributed by atoms with van der Waals surface area (Å²) in [4.78, 5) is 9.63. The molecule has 4 rings (SSSR count). The molecule has 14 heteroatoms. The first-order valence-electron chi connectivity index (χ1n) is 10.0. The van der Waals surface area contributed by atoms with E-state index in [9.17, 15) is 30.0 Å². The van der Waals surface area contributed by atoms with Crippen LogP contribution in [0.25, 0.3) is 11.4 Å². The molecule has 2 aromatic carbocycles. The van der Waals surface area contributed by atoms with Crippen LogP contribution >= 0.6 is 0 Å². The van der Waals surface area contributed by atoms with Crippen LogP contribution in [0.2, 0.25) is 0 Å². The second-order valence-corrected chi connectivity index (χ2v) is 10.6. The van der Waals surface area contributed by atoms with Gasteiger partial charge in [0.05, 0.1) is 16.0 Å². The Hall–Kier alpha value is -3.75. The van der Waals surface area contributed by atoms with Gasteiger partial charge in [0.15, 0.2) is 11.5 Å². The minimum absolute atomic E-state index is 0.0874. The van der Waals surface area contributed by atoms with Crippen molar-refractivity contribution in [1.82, 2.24) is 14.6 Å². The molecule has 2 heterocycles. The summed E-state index contributed by atoms with van der Waals surface area (Å²) in [6.45, 7) is 1.71. The van der Waals surface area contributed by atoms with Crippen LogP contribution in [0.3, 0.4) is 0 Å². The highest BCUT2D eigenvalue weighted by Gasteiger charge is 2.35. The Balaban J connectivity index is 0.000000303. The molecule has 0 atom stereocenters. The first kappa shape index (κ1) is 26.8. The molecule has 2 aromatic heterocycles. The molecule has 36 heavy (non-hydrogen) atoms. The number of rotatable bonds is 5. The molecule has 0 fully saturated rings. The van der Waals surface area contributed by atoms with Gasteiger partial charge in [-0.25, -0.2) is 28.0 Å². The van der Waals surface area contributed by atoms with Crippen LogP contribution in [0.1, 0.15) is 11.3 Å². The molecule has 4 aromatic rings. The molecule has 3 N–H and O–H groups in total. The van der Waals surface area contributed by atoms with Gasteiger partial charge in [-0.3, -0.25) is 4.98 Å². The largest absolute Gasteiger partial charge is 0.434 e. The normalized spacial score (nSPS) is 11.9. The minimum Gasteiger partial charge on any atom is -0.264 e. The molecular weight excluding hydrogens is 519 g/mol. The number of benzene rings is 2. The Morgan fingerprint density at radius 3 is 1.92 bits per heavy atom. The van der Waals surface area contributed by atoms with Gasteiger partial charge in [-0.05, 0) is 42.8 Å². The van der Waals surface area contributed by atoms with Crippen molar-refractivity contribution in [2.75, 3.05) is 4.83 Å². The van der Waals surface area contributed by atoms with Crippen molar-refractivity contribution in [3.05, 3.63) is 96.6 Å². The molecule has 0 bridgehead atoms. The molecule has 0 saturated carbocycles. The SMILES string of the molecule is Cc1cncc(-c2nc(C(F)(F)F)cn2NS(=O)(=O)c2ccccc2)c1.NS(=O)(=O)c1ccccc1. The molecule has 0 aliphatic heterocycles. The maximum absolute atomic E-state index is 13.1. The predicted molar refractivity (Wildman–Crippen MR) is 126 cm³/mol. The maximum atomic E-state index is 13.1. The monoisotopic (exact) mass is 539 g/mol. The second kappa shape index (κ2) is 10.5. The maximum Gasteiger partial charge on any atom is 0.434 e. The number of pyridine rings is 1. The van der Waals surface area contributed by atoms with Crippen molar-refractivity contribution in [3.8, 4) is 11.4 Å². The van der Waals surface area contributed by atoms with E-state index >= 15 is 0 Å². The van der Waals surface area contributed by atoms with Gasteiger partial charge < -0.3 is 0 Å². The molecule has 0 radical (unpaired) electrons. The number of hydrogen-bond acceptors (Lipinski definition) is 6. The van der Waals surface area contributed by atoms with E-state index in [-0.39, 0.29) is 21.2 Å². The zero-order chi connectivity index (χ0) is 26.6. The van der Waals surface area contributed by atoms with E-state index in [1.165, 1.54) is 48.8 Å². The lowest BCUT2D eigenvalue weighted by atomic mass is 10.2. The standard InChI is InChI=1S/C16H13F3N4O2S.C6H7NO2S/c1-11-7-12(9-20-8-11)15-21-14(16(17,18)19)10-23(15)22-26(24,25)13-5-3-2-4-6-13;7-10(8,9)6-4-2-1-3-5-6/h2-10,22H,1H3;1-5H,(H2,7,8,9). The number of primary sulfonamides is 1. The van der Waals surface area contributed by atoms with E-state index in [0.717, 1.165) is 4.68 Å². The Kier molecular flexibility index (Phi) is 7.81. The van der Waals surface area contributed by atoms with Crippen LogP contribution in [-0.2, 0) is 26.2 Å². The fourth-order valence-electron chi connectivity index (χ4n) is 2.86. The van der Waals surface area contributed by atoms with Crippen LogP contribution in [0, 0.1) is 6.92 Å². The third-order valence-corrected chi connectivity index (χ3v) is 6.73. The Labute approximate surface area is 205 Å². The number of nitrogens with zero attached hydrogens (tertiary/aromatic N) is 3. The van der Waals surface area contributed by atoms with Crippen molar-refractivity contribution in [2.45, 2.75) is 22.9 Å². The summed E-state index contributed by atoms with van der Waals surface area (Å²) < 4.78 is 86.1. The van der Waals surface area contributed by atoms with E-state index in [2.05, 4.69) is 14.8 Å². The zero-order valence-corrected chi connectivity index (χ0v) is 20.2. The molecule has 0 spiro atoms. The summed E-state index contributed by atoms with van der Waals surface area (Å²) in [7, 11) is -7.60. The van der Waals surface area contributed by atoms with Gasteiger partial charge in [-0.2, -0.15) is 21.6 Å². The topological polar surface area (TPSA) is 137 Å². The van der Waals surface area contributed by atoms with Crippen molar-refractivity contribution >= 4 is 20.0 Å². The van der Waals surface area contributed by atoms with E-state index in [1.54, 1.807) is 37.3 Å². The molecule has 9 nitrogen and oxygen atoms in total. The van der Waals surface area contributed by atoms with Gasteiger partial charge in [0.2, 0.25) is 10.0 Å². The highest BCUT2D eigenvalue weighted by Crippen LogP contribution is 2.31. The molecule has 0 unspecified atom stereocenters. The lowest BCUT2D eigenvalue weighted by molar-refractivity contribution is -0.140. The van der Waals surface area contributed by atoms with Gasteiger partial charge in [0, 0.05) is 18.0 Å². The number of hydrogen-bond donors (Lipinski definition) is 2. The minimum atomic E-state index is -4.73. The highest BCUT2D eigenvalue weighted by molar-refractivity contribution is 7.92. The number of nitrogens with two attached hydrogens (primary N) is 1. The van der Waals surface area contributed by atoms with E-state index in [1.807, 2.05) is 0 Å². The number of alkyl halides is 3. The molecule has 0 amide bonds. The van der Waals surface area contributed by atoms with Crippen LogP contribution in [-0.4, -0.2) is 31.5 Å². The van der Waals surface area contributed by atoms with Crippen molar-refractivity contribution in [2.24, 2.45) is 5.14 Å². The Morgan fingerprint density at radius 1 is 0.889 bits per heavy atom. The summed E-state index contributed by atoms with van der Waals surface area (Å²) in [5, 5.41) is 4.83. The number of halogens is 3. The fourth-order valence-corrected chi connectivity index (χ4v) is 4.41. The molecule has 0 aliphatic carbocycles. The number of nitrogens with one attached hydrogen (secondary N) is 1. The van der Waals surface area contributed by atoms with Gasteiger partial charge in [0.1, 0.15) is 0 Å². The molecular formula is C22H20F3N5O4S2. The quantitative estimate of drug-likeness (QED) is 0.398. The smallest absolute Gasteiger partial charge is 0.264 e. The van der Waals surface area contributed by atoms with Crippen LogP contribution in [0.4, 0.5) is 13.2 Å². The fraction of sp³-hybridized carbons (Fsp3) is 0.0909. The van der Waals surface area contributed by atoms with Crippen LogP contribution < -0.4 is 9.97 Å². The van der Waals surface area contributed by atoms with Gasteiger partial charge in [-0.15, -0.1) is 0 Å². The lowest BCUT2D eigenvalue weighted by Gasteiger charge is -2.11. The van der Waals surface area contributed by atoms with Gasteiger partial charge >= 0.3 is 6.18 Å². The zero-order valence-electron chi connectivity index (χ0n) is 18.6. The Morgan fingerprint density at radius 2 is 1.44 bits per heavy atom. The lowest BCUT2D eigenvalue weighted by Crippen LogP contribution is -2.23. The van der Waals surface area contributed by atoms with Gasteiger partial charge in [0.25, 0.3) is 10.0 Å². The van der Waals surface area contributed by atoms with Crippen molar-refractivity contribution in [1.29, 1.82) is 0 Å². The first-order valence-corrected chi connectivity index (χ1v) is 13.0. The van der Waals surface area contributed by atoms with E-state index in [0.29, 0.717) is 11.8 Å². The van der Waals surface area contributed by atoms with Crippen molar-refractivity contribution in [3.63, 3.8) is 0 Å². The molecule has 0 saturated heterocycles. The summed E-state index contributed by atoms with van der Waals surface area (Å²) in [6, 6.07) is 16.8. The Bertz CT molecular complexity index is 1540. The summed E-state index contributed by atoms with van der Waals surface area (Å²) in [5.41, 5.74) is -0.280. The third-order valence-electron chi connectivity index (χ3n) is 4.47. The third kappa shape index (κ3) is 6.90. The highest BCUT2D eigenvalue weighted by atomic mass is 32.2. The predicted octanol–water partition coefficient (Wildman–Crippen LogP) is 3.54. The number of sulfonamides is 2.